The van der Waals surface area contributed by atoms with Crippen molar-refractivity contribution in [1.82, 2.24) is 0 Å². The van der Waals surface area contributed by atoms with Crippen molar-refractivity contribution in [3.05, 3.63) is 29.8 Å². The van der Waals surface area contributed by atoms with Crippen LogP contribution in [0.15, 0.2) is 24.3 Å². The zero-order chi connectivity index (χ0) is 14.6. The van der Waals surface area contributed by atoms with Crippen LogP contribution in [0.1, 0.15) is 32.4 Å². The standard InChI is InChI=1S/C14H23NO3S/c1-10(2)11(3)19(16,17)9-14(15)12-6-5-7-13(8-12)18-4/h5-8,10-11,14H,9,15H2,1-4H3. The van der Waals surface area contributed by atoms with E-state index in [9.17, 15) is 8.42 Å². The average Bonchev–Trinajstić information content (AvgIpc) is 2.37. The first kappa shape index (κ1) is 16.0. The summed E-state index contributed by atoms with van der Waals surface area (Å²) in [7, 11) is -1.62. The second kappa shape index (κ2) is 6.39. The number of hydrogen-bond donors (Lipinski definition) is 1. The Morgan fingerprint density at radius 1 is 1.26 bits per heavy atom. The summed E-state index contributed by atoms with van der Waals surface area (Å²) in [6.45, 7) is 5.54. The lowest BCUT2D eigenvalue weighted by Gasteiger charge is -2.20. The van der Waals surface area contributed by atoms with Gasteiger partial charge in [0.1, 0.15) is 5.75 Å². The molecule has 0 amide bonds. The summed E-state index contributed by atoms with van der Waals surface area (Å²) < 4.78 is 29.5. The summed E-state index contributed by atoms with van der Waals surface area (Å²) in [5.74, 6) is 0.726. The lowest BCUT2D eigenvalue weighted by Crippen LogP contribution is -2.31. The van der Waals surface area contributed by atoms with E-state index in [1.807, 2.05) is 32.0 Å². The highest BCUT2D eigenvalue weighted by molar-refractivity contribution is 7.92. The second-order valence-electron chi connectivity index (χ2n) is 5.16. The van der Waals surface area contributed by atoms with E-state index in [-0.39, 0.29) is 16.9 Å². The zero-order valence-electron chi connectivity index (χ0n) is 12.0. The van der Waals surface area contributed by atoms with Crippen molar-refractivity contribution < 1.29 is 13.2 Å². The Bertz CT molecular complexity index is 511. The van der Waals surface area contributed by atoms with Crippen LogP contribution in [0.4, 0.5) is 0 Å². The molecule has 2 unspecified atom stereocenters. The van der Waals surface area contributed by atoms with Crippen molar-refractivity contribution in [2.75, 3.05) is 12.9 Å². The van der Waals surface area contributed by atoms with Gasteiger partial charge in [-0.2, -0.15) is 0 Å². The number of sulfone groups is 1. The largest absolute Gasteiger partial charge is 0.497 e. The lowest BCUT2D eigenvalue weighted by atomic mass is 10.1. The molecule has 0 aliphatic heterocycles. The van der Waals surface area contributed by atoms with E-state index in [1.165, 1.54) is 0 Å². The molecule has 0 spiro atoms. The maximum absolute atomic E-state index is 12.2. The molecule has 0 radical (unpaired) electrons. The van der Waals surface area contributed by atoms with Gasteiger partial charge in [0.2, 0.25) is 0 Å². The maximum Gasteiger partial charge on any atom is 0.155 e. The Hall–Kier alpha value is -1.07. The smallest absolute Gasteiger partial charge is 0.155 e. The van der Waals surface area contributed by atoms with Gasteiger partial charge in [-0.25, -0.2) is 8.42 Å². The summed E-state index contributed by atoms with van der Waals surface area (Å²) in [6.07, 6.45) is 0. The average molecular weight is 285 g/mol. The van der Waals surface area contributed by atoms with Crippen LogP contribution >= 0.6 is 0 Å². The molecule has 0 aliphatic carbocycles. The molecule has 0 saturated carbocycles. The fraction of sp³-hybridized carbons (Fsp3) is 0.571. The molecular formula is C14H23NO3S. The highest BCUT2D eigenvalue weighted by Crippen LogP contribution is 2.21. The molecule has 0 heterocycles. The third-order valence-corrected chi connectivity index (χ3v) is 5.94. The number of nitrogens with two attached hydrogens (primary N) is 1. The number of hydrogen-bond acceptors (Lipinski definition) is 4. The van der Waals surface area contributed by atoms with Crippen LogP contribution in [0.25, 0.3) is 0 Å². The zero-order valence-corrected chi connectivity index (χ0v) is 12.8. The van der Waals surface area contributed by atoms with Gasteiger partial charge in [0.25, 0.3) is 0 Å². The summed E-state index contributed by atoms with van der Waals surface area (Å²) in [5, 5.41) is -0.385. The van der Waals surface area contributed by atoms with Gasteiger partial charge in [-0.05, 0) is 30.5 Å². The van der Waals surface area contributed by atoms with Crippen molar-refractivity contribution in [1.29, 1.82) is 0 Å². The van der Waals surface area contributed by atoms with E-state index in [0.717, 1.165) is 5.56 Å². The third-order valence-electron chi connectivity index (χ3n) is 3.44. The topological polar surface area (TPSA) is 69.4 Å². The predicted octanol–water partition coefficient (Wildman–Crippen LogP) is 2.15. The number of ether oxygens (including phenoxy) is 1. The quantitative estimate of drug-likeness (QED) is 0.869. The van der Waals surface area contributed by atoms with Gasteiger partial charge < -0.3 is 10.5 Å². The third kappa shape index (κ3) is 4.21. The Kier molecular flexibility index (Phi) is 5.38. The molecule has 2 N–H and O–H groups in total. The van der Waals surface area contributed by atoms with Crippen molar-refractivity contribution in [2.24, 2.45) is 11.7 Å². The molecule has 4 nitrogen and oxygen atoms in total. The van der Waals surface area contributed by atoms with E-state index < -0.39 is 15.9 Å². The van der Waals surface area contributed by atoms with Gasteiger partial charge in [0.05, 0.1) is 18.1 Å². The molecule has 1 aromatic rings. The van der Waals surface area contributed by atoms with E-state index in [1.54, 1.807) is 20.1 Å². The molecule has 0 saturated heterocycles. The van der Waals surface area contributed by atoms with Gasteiger partial charge in [-0.1, -0.05) is 26.0 Å². The Labute approximate surface area is 115 Å². The monoisotopic (exact) mass is 285 g/mol. The highest BCUT2D eigenvalue weighted by Gasteiger charge is 2.26. The molecule has 0 aromatic heterocycles. The van der Waals surface area contributed by atoms with Crippen molar-refractivity contribution >= 4 is 9.84 Å². The summed E-state index contributed by atoms with van der Waals surface area (Å²) in [5.41, 5.74) is 6.78. The predicted molar refractivity (Wildman–Crippen MR) is 78.0 cm³/mol. The SMILES string of the molecule is COc1cccc(C(N)CS(=O)(=O)C(C)C(C)C)c1. The van der Waals surface area contributed by atoms with Crippen LogP contribution in [-0.4, -0.2) is 26.5 Å². The molecule has 0 fully saturated rings. The molecular weight excluding hydrogens is 262 g/mol. The minimum atomic E-state index is -3.19. The summed E-state index contributed by atoms with van der Waals surface area (Å²) in [6, 6.07) is 6.69. The number of rotatable bonds is 6. The van der Waals surface area contributed by atoms with Gasteiger partial charge >= 0.3 is 0 Å². The van der Waals surface area contributed by atoms with Crippen LogP contribution in [-0.2, 0) is 9.84 Å². The first-order valence-corrected chi connectivity index (χ1v) is 8.10. The van der Waals surface area contributed by atoms with Crippen LogP contribution in [0.3, 0.4) is 0 Å². The number of methoxy groups -OCH3 is 1. The number of benzene rings is 1. The molecule has 0 aliphatic rings. The van der Waals surface area contributed by atoms with E-state index in [4.69, 9.17) is 10.5 Å². The lowest BCUT2D eigenvalue weighted by molar-refractivity contribution is 0.414. The summed E-state index contributed by atoms with van der Waals surface area (Å²) >= 11 is 0. The van der Waals surface area contributed by atoms with Crippen LogP contribution in [0, 0.1) is 5.92 Å². The first-order valence-electron chi connectivity index (χ1n) is 6.39. The summed E-state index contributed by atoms with van der Waals surface area (Å²) in [4.78, 5) is 0. The van der Waals surface area contributed by atoms with Crippen LogP contribution < -0.4 is 10.5 Å². The normalized spacial score (nSPS) is 15.3. The maximum atomic E-state index is 12.2. The van der Waals surface area contributed by atoms with Crippen molar-refractivity contribution in [2.45, 2.75) is 32.1 Å². The van der Waals surface area contributed by atoms with E-state index in [2.05, 4.69) is 0 Å². The van der Waals surface area contributed by atoms with Gasteiger partial charge in [-0.3, -0.25) is 0 Å². The first-order chi connectivity index (χ1) is 8.77. The molecule has 1 rings (SSSR count). The molecule has 5 heteroatoms. The molecule has 1 aromatic carbocycles. The Morgan fingerprint density at radius 2 is 1.89 bits per heavy atom. The van der Waals surface area contributed by atoms with Crippen molar-refractivity contribution in [3.63, 3.8) is 0 Å². The molecule has 0 bridgehead atoms. The van der Waals surface area contributed by atoms with E-state index >= 15 is 0 Å². The Morgan fingerprint density at radius 3 is 2.42 bits per heavy atom. The molecule has 19 heavy (non-hydrogen) atoms. The van der Waals surface area contributed by atoms with Crippen LogP contribution in [0.5, 0.6) is 5.75 Å². The molecule has 108 valence electrons. The second-order valence-corrected chi connectivity index (χ2v) is 7.56. The van der Waals surface area contributed by atoms with Gasteiger partial charge in [0.15, 0.2) is 9.84 Å². The highest BCUT2D eigenvalue weighted by atomic mass is 32.2. The van der Waals surface area contributed by atoms with Crippen molar-refractivity contribution in [3.8, 4) is 5.75 Å². The van der Waals surface area contributed by atoms with Gasteiger partial charge in [0, 0.05) is 6.04 Å². The van der Waals surface area contributed by atoms with E-state index in [0.29, 0.717) is 5.75 Å². The fourth-order valence-electron chi connectivity index (χ4n) is 1.79. The molecule has 2 atom stereocenters. The minimum absolute atomic E-state index is 0.0421. The minimum Gasteiger partial charge on any atom is -0.497 e. The Balaban J connectivity index is 2.87. The fourth-order valence-corrected chi connectivity index (χ4v) is 3.61. The van der Waals surface area contributed by atoms with Crippen LogP contribution in [0.2, 0.25) is 0 Å². The van der Waals surface area contributed by atoms with Gasteiger partial charge in [-0.15, -0.1) is 0 Å².